The molecule has 0 aromatic rings. The Morgan fingerprint density at radius 2 is 2.22 bits per heavy atom. The first kappa shape index (κ1) is 8.54. The van der Waals surface area contributed by atoms with E-state index >= 15 is 0 Å². The summed E-state index contributed by atoms with van der Waals surface area (Å²) in [6.45, 7) is 0. The number of carboxylic acid groups (broad SMARTS) is 1. The van der Waals surface area contributed by atoms with Gasteiger partial charge in [-0.1, -0.05) is 0 Å². The summed E-state index contributed by atoms with van der Waals surface area (Å²) in [5.74, 6) is -1.93. The topological polar surface area (TPSA) is 108 Å². The highest BCUT2D eigenvalue weighted by atomic mass is 32.2. The monoisotopic (exact) mass is 152 g/mol. The van der Waals surface area contributed by atoms with Crippen LogP contribution >= 0.6 is 0 Å². The highest BCUT2D eigenvalue weighted by molar-refractivity contribution is 7.79. The predicted molar refractivity (Wildman–Crippen MR) is 25.5 cm³/mol. The molecule has 0 heterocycles. The average Bonchev–Trinajstić information content (AvgIpc) is 1.63. The maximum absolute atomic E-state index is 9.79. The first-order valence-electron chi connectivity index (χ1n) is 2.14. The van der Waals surface area contributed by atoms with Gasteiger partial charge in [0.1, 0.15) is 12.0 Å². The molecule has 54 valence electrons. The molecule has 0 aromatic heterocycles. The Hall–Kier alpha value is -0.460. The van der Waals surface area contributed by atoms with Crippen molar-refractivity contribution in [2.24, 2.45) is 0 Å². The van der Waals surface area contributed by atoms with Crippen LogP contribution in [0.4, 0.5) is 0 Å². The number of carbonyl (C=O) groups is 1. The van der Waals surface area contributed by atoms with Gasteiger partial charge in [0.25, 0.3) is 0 Å². The van der Waals surface area contributed by atoms with Gasteiger partial charge in [-0.15, -0.1) is 0 Å². The van der Waals surface area contributed by atoms with E-state index in [4.69, 9.17) is 0 Å². The van der Waals surface area contributed by atoms with Crippen LogP contribution in [0.5, 0.6) is 0 Å². The number of aliphatic carboxylic acids is 1. The number of carboxylic acids is 1. The minimum atomic E-state index is -2.35. The van der Waals surface area contributed by atoms with Crippen LogP contribution < -0.4 is 10.8 Å². The van der Waals surface area contributed by atoms with Gasteiger partial charge in [0, 0.05) is 0 Å². The van der Waals surface area contributed by atoms with Gasteiger partial charge in [-0.3, -0.25) is 4.21 Å². The standard InChI is InChI=1S/C3H7NO4S/c4-2(3(5)6)1-9(7)8/h2H,1,4H2,(H,5,6)(H,7,8)/p-1/t2-/m1/s1. The van der Waals surface area contributed by atoms with E-state index in [1.165, 1.54) is 0 Å². The normalized spacial score (nSPS) is 16.7. The van der Waals surface area contributed by atoms with E-state index in [0.29, 0.717) is 0 Å². The molecule has 0 aliphatic carbocycles. The second kappa shape index (κ2) is 3.54. The number of quaternary nitrogens is 1. The van der Waals surface area contributed by atoms with E-state index in [1.807, 2.05) is 0 Å². The Labute approximate surface area is 54.1 Å². The van der Waals surface area contributed by atoms with Crippen molar-refractivity contribution < 1.29 is 24.4 Å². The van der Waals surface area contributed by atoms with Crippen molar-refractivity contribution in [2.45, 2.75) is 6.04 Å². The largest absolute Gasteiger partial charge is 0.772 e. The average molecular weight is 152 g/mol. The second-order valence-corrected chi connectivity index (χ2v) is 2.43. The van der Waals surface area contributed by atoms with E-state index in [0.717, 1.165) is 0 Å². The molecule has 0 spiro atoms. The first-order valence-corrected chi connectivity index (χ1v) is 3.38. The molecule has 3 N–H and O–H groups in total. The molecule has 5 nitrogen and oxygen atoms in total. The van der Waals surface area contributed by atoms with Gasteiger partial charge in [-0.25, -0.2) is 0 Å². The minimum Gasteiger partial charge on any atom is -0.772 e. The molecule has 0 aliphatic rings. The van der Waals surface area contributed by atoms with Crippen molar-refractivity contribution in [3.63, 3.8) is 0 Å². The van der Waals surface area contributed by atoms with Gasteiger partial charge in [0.05, 0.1) is 5.75 Å². The summed E-state index contributed by atoms with van der Waals surface area (Å²) in [7, 11) is 0. The van der Waals surface area contributed by atoms with Crippen molar-refractivity contribution >= 4 is 17.0 Å². The highest BCUT2D eigenvalue weighted by Crippen LogP contribution is 1.76. The molecule has 0 amide bonds. The lowest BCUT2D eigenvalue weighted by Gasteiger charge is -2.10. The summed E-state index contributed by atoms with van der Waals surface area (Å²) < 4.78 is 19.6. The molecule has 9 heavy (non-hydrogen) atoms. The third-order valence-electron chi connectivity index (χ3n) is 0.671. The Balaban J connectivity index is 3.63. The number of carbonyl (C=O) groups excluding carboxylic acids is 1. The lowest BCUT2D eigenvalue weighted by Crippen LogP contribution is -2.70. The van der Waals surface area contributed by atoms with Crippen LogP contribution in [0.25, 0.3) is 0 Å². The van der Waals surface area contributed by atoms with Crippen LogP contribution in [-0.4, -0.2) is 26.5 Å². The fourth-order valence-electron chi connectivity index (χ4n) is 0.232. The molecule has 0 aromatic carbocycles. The molecule has 0 saturated heterocycles. The molecular weight excluding hydrogens is 146 g/mol. The molecule has 0 rings (SSSR count). The Bertz CT molecular complexity index is 136. The second-order valence-electron chi connectivity index (χ2n) is 1.49. The molecule has 0 fully saturated rings. The maximum Gasteiger partial charge on any atom is 0.135 e. The van der Waals surface area contributed by atoms with Crippen molar-refractivity contribution in [3.8, 4) is 0 Å². The van der Waals surface area contributed by atoms with E-state index in [1.54, 1.807) is 0 Å². The first-order chi connectivity index (χ1) is 4.04. The smallest absolute Gasteiger partial charge is 0.135 e. The van der Waals surface area contributed by atoms with Crippen molar-refractivity contribution in [2.75, 3.05) is 5.75 Å². The Morgan fingerprint density at radius 3 is 2.33 bits per heavy atom. The third kappa shape index (κ3) is 4.07. The molecule has 2 atom stereocenters. The minimum absolute atomic E-state index is 0.484. The van der Waals surface area contributed by atoms with Crippen molar-refractivity contribution in [3.05, 3.63) is 0 Å². The number of hydrogen-bond donors (Lipinski definition) is 1. The third-order valence-corrected chi connectivity index (χ3v) is 1.35. The van der Waals surface area contributed by atoms with Crippen LogP contribution in [-0.2, 0) is 15.9 Å². The van der Waals surface area contributed by atoms with E-state index in [-0.39, 0.29) is 0 Å². The SMILES string of the molecule is [NH3+][C@H](CS(=O)[O-])C(=O)[O-]. The summed E-state index contributed by atoms with van der Waals surface area (Å²) in [5.41, 5.74) is 3.02. The van der Waals surface area contributed by atoms with Gasteiger partial charge in [0.2, 0.25) is 0 Å². The maximum atomic E-state index is 9.79. The zero-order valence-corrected chi connectivity index (χ0v) is 5.35. The van der Waals surface area contributed by atoms with Gasteiger partial charge < -0.3 is 20.2 Å². The summed E-state index contributed by atoms with van der Waals surface area (Å²) in [6.07, 6.45) is 0. The van der Waals surface area contributed by atoms with E-state index < -0.39 is 28.8 Å². The summed E-state index contributed by atoms with van der Waals surface area (Å²) in [5, 5.41) is 9.79. The number of hydrogen-bond acceptors (Lipinski definition) is 4. The lowest BCUT2D eigenvalue weighted by atomic mass is 10.4. The van der Waals surface area contributed by atoms with Gasteiger partial charge in [-0.05, 0) is 11.1 Å². The molecular formula is C3H6NO4S-. The quantitative estimate of drug-likeness (QED) is 0.418. The Morgan fingerprint density at radius 1 is 1.78 bits per heavy atom. The highest BCUT2D eigenvalue weighted by Gasteiger charge is 2.05. The molecule has 1 unspecified atom stereocenters. The Kier molecular flexibility index (Phi) is 3.36. The fraction of sp³-hybridized carbons (Fsp3) is 0.667. The summed E-state index contributed by atoms with van der Waals surface area (Å²) in [6, 6.07) is -1.16. The van der Waals surface area contributed by atoms with Gasteiger partial charge >= 0.3 is 0 Å². The van der Waals surface area contributed by atoms with Crippen LogP contribution in [0.15, 0.2) is 0 Å². The van der Waals surface area contributed by atoms with E-state index in [9.17, 15) is 18.7 Å². The molecule has 6 heteroatoms. The van der Waals surface area contributed by atoms with Crippen LogP contribution in [0.3, 0.4) is 0 Å². The molecule has 0 saturated carbocycles. The van der Waals surface area contributed by atoms with Gasteiger partial charge in [-0.2, -0.15) is 0 Å². The van der Waals surface area contributed by atoms with Crippen LogP contribution in [0.1, 0.15) is 0 Å². The summed E-state index contributed by atoms with van der Waals surface area (Å²) >= 11 is -2.35. The van der Waals surface area contributed by atoms with Crippen molar-refractivity contribution in [1.29, 1.82) is 0 Å². The molecule has 0 aliphatic heterocycles. The zero-order chi connectivity index (χ0) is 7.44. The molecule has 0 bridgehead atoms. The summed E-state index contributed by atoms with van der Waals surface area (Å²) in [4.78, 5) is 9.79. The van der Waals surface area contributed by atoms with E-state index in [2.05, 4.69) is 5.73 Å². The van der Waals surface area contributed by atoms with Crippen molar-refractivity contribution in [1.82, 2.24) is 0 Å². The van der Waals surface area contributed by atoms with Gasteiger partial charge in [0.15, 0.2) is 0 Å². The lowest BCUT2D eigenvalue weighted by molar-refractivity contribution is -0.431. The predicted octanol–water partition coefficient (Wildman–Crippen LogP) is -3.77. The zero-order valence-electron chi connectivity index (χ0n) is 4.53. The molecule has 0 radical (unpaired) electrons. The van der Waals surface area contributed by atoms with Crippen LogP contribution in [0.2, 0.25) is 0 Å². The number of rotatable bonds is 3. The fourth-order valence-corrected chi connectivity index (χ4v) is 0.697. The van der Waals surface area contributed by atoms with Crippen LogP contribution in [0, 0.1) is 0 Å².